The lowest BCUT2D eigenvalue weighted by Gasteiger charge is -2.10. The number of rotatable bonds is 4. The Balaban J connectivity index is 2.38. The van der Waals surface area contributed by atoms with E-state index in [2.05, 4.69) is 4.98 Å². The van der Waals surface area contributed by atoms with Crippen molar-refractivity contribution in [2.45, 2.75) is 0 Å². The van der Waals surface area contributed by atoms with E-state index in [4.69, 9.17) is 19.8 Å². The van der Waals surface area contributed by atoms with Crippen molar-refractivity contribution in [3.05, 3.63) is 47.7 Å². The molecule has 0 bridgehead atoms. The number of aromatic carboxylic acids is 1. The topological polar surface area (TPSA) is 92.4 Å². The molecular formula is C14H10N2O4. The van der Waals surface area contributed by atoms with Crippen LogP contribution < -0.4 is 9.47 Å². The molecule has 1 aromatic heterocycles. The van der Waals surface area contributed by atoms with Crippen LogP contribution in [-0.2, 0) is 0 Å². The second-order valence-corrected chi connectivity index (χ2v) is 3.77. The lowest BCUT2D eigenvalue weighted by atomic mass is 10.2. The second-order valence-electron chi connectivity index (χ2n) is 3.77. The molecule has 6 heteroatoms. The van der Waals surface area contributed by atoms with E-state index in [1.54, 1.807) is 0 Å². The van der Waals surface area contributed by atoms with E-state index < -0.39 is 5.97 Å². The van der Waals surface area contributed by atoms with Crippen LogP contribution in [0.2, 0.25) is 0 Å². The van der Waals surface area contributed by atoms with Gasteiger partial charge in [-0.05, 0) is 24.3 Å². The van der Waals surface area contributed by atoms with Crippen molar-refractivity contribution >= 4 is 5.97 Å². The summed E-state index contributed by atoms with van der Waals surface area (Å²) < 4.78 is 10.6. The number of aromatic nitrogens is 1. The number of nitriles is 1. The number of hydrogen-bond acceptors (Lipinski definition) is 5. The van der Waals surface area contributed by atoms with Gasteiger partial charge in [-0.15, -0.1) is 0 Å². The van der Waals surface area contributed by atoms with Gasteiger partial charge in [0.05, 0.1) is 24.3 Å². The molecule has 0 amide bonds. The molecule has 2 aromatic rings. The molecule has 1 heterocycles. The molecule has 0 fully saturated rings. The highest BCUT2D eigenvalue weighted by molar-refractivity contribution is 5.88. The van der Waals surface area contributed by atoms with Crippen LogP contribution in [0.15, 0.2) is 36.5 Å². The van der Waals surface area contributed by atoms with Gasteiger partial charge in [0, 0.05) is 12.3 Å². The molecule has 6 nitrogen and oxygen atoms in total. The number of benzene rings is 1. The van der Waals surface area contributed by atoms with E-state index in [0.717, 1.165) is 0 Å². The summed E-state index contributed by atoms with van der Waals surface area (Å²) in [6, 6.07) is 9.19. The Morgan fingerprint density at radius 1 is 1.30 bits per heavy atom. The van der Waals surface area contributed by atoms with Crippen LogP contribution in [-0.4, -0.2) is 23.2 Å². The predicted octanol–water partition coefficient (Wildman–Crippen LogP) is 2.45. The summed E-state index contributed by atoms with van der Waals surface area (Å²) in [6.45, 7) is 0. The van der Waals surface area contributed by atoms with E-state index >= 15 is 0 Å². The van der Waals surface area contributed by atoms with Gasteiger partial charge in [-0.1, -0.05) is 0 Å². The van der Waals surface area contributed by atoms with Crippen LogP contribution >= 0.6 is 0 Å². The summed E-state index contributed by atoms with van der Waals surface area (Å²) in [7, 11) is 1.45. The molecule has 0 aliphatic rings. The smallest absolute Gasteiger partial charge is 0.335 e. The SMILES string of the molecule is COc1ccc(C(=O)O)cc1Oc1cc(C#N)ccn1. The van der Waals surface area contributed by atoms with Gasteiger partial charge in [0.1, 0.15) is 0 Å². The first-order valence-corrected chi connectivity index (χ1v) is 5.59. The lowest BCUT2D eigenvalue weighted by Crippen LogP contribution is -1.99. The van der Waals surface area contributed by atoms with Crippen molar-refractivity contribution in [1.82, 2.24) is 4.98 Å². The molecular weight excluding hydrogens is 260 g/mol. The van der Waals surface area contributed by atoms with Gasteiger partial charge in [-0.25, -0.2) is 9.78 Å². The van der Waals surface area contributed by atoms with Crippen molar-refractivity contribution in [2.24, 2.45) is 0 Å². The third-order valence-corrected chi connectivity index (χ3v) is 2.49. The summed E-state index contributed by atoms with van der Waals surface area (Å²) >= 11 is 0. The van der Waals surface area contributed by atoms with Gasteiger partial charge >= 0.3 is 5.97 Å². The number of carboxylic acid groups (broad SMARTS) is 1. The van der Waals surface area contributed by atoms with E-state index in [-0.39, 0.29) is 17.2 Å². The van der Waals surface area contributed by atoms with Gasteiger partial charge in [0.2, 0.25) is 5.88 Å². The standard InChI is InChI=1S/C14H10N2O4/c1-19-11-3-2-10(14(17)18)7-12(11)20-13-6-9(8-15)4-5-16-13/h2-7H,1H3,(H,17,18). The Hall–Kier alpha value is -3.07. The first kappa shape index (κ1) is 13.4. The van der Waals surface area contributed by atoms with Gasteiger partial charge in [0.25, 0.3) is 0 Å². The quantitative estimate of drug-likeness (QED) is 0.917. The highest BCUT2D eigenvalue weighted by Crippen LogP contribution is 2.31. The molecule has 0 saturated carbocycles. The van der Waals surface area contributed by atoms with E-state index in [1.807, 2.05) is 6.07 Å². The molecule has 0 saturated heterocycles. The minimum Gasteiger partial charge on any atom is -0.493 e. The van der Waals surface area contributed by atoms with Gasteiger partial charge in [-0.3, -0.25) is 0 Å². The number of ether oxygens (including phenoxy) is 2. The summed E-state index contributed by atoms with van der Waals surface area (Å²) in [5, 5.41) is 17.8. The number of hydrogen-bond donors (Lipinski definition) is 1. The lowest BCUT2D eigenvalue weighted by molar-refractivity contribution is 0.0696. The Morgan fingerprint density at radius 3 is 2.75 bits per heavy atom. The van der Waals surface area contributed by atoms with E-state index in [0.29, 0.717) is 11.3 Å². The summed E-state index contributed by atoms with van der Waals surface area (Å²) in [6.07, 6.45) is 1.43. The zero-order chi connectivity index (χ0) is 14.5. The first-order chi connectivity index (χ1) is 9.63. The molecule has 0 unspecified atom stereocenters. The average Bonchev–Trinajstić information content (AvgIpc) is 2.47. The average molecular weight is 270 g/mol. The van der Waals surface area contributed by atoms with Crippen molar-refractivity contribution < 1.29 is 19.4 Å². The largest absolute Gasteiger partial charge is 0.493 e. The Morgan fingerprint density at radius 2 is 2.10 bits per heavy atom. The molecule has 0 spiro atoms. The number of methoxy groups -OCH3 is 1. The second kappa shape index (κ2) is 5.71. The minimum absolute atomic E-state index is 0.0669. The normalized spacial score (nSPS) is 9.60. The zero-order valence-corrected chi connectivity index (χ0v) is 10.5. The maximum atomic E-state index is 11.0. The minimum atomic E-state index is -1.07. The molecule has 0 atom stereocenters. The molecule has 100 valence electrons. The maximum absolute atomic E-state index is 11.0. The summed E-state index contributed by atoms with van der Waals surface area (Å²) in [5.41, 5.74) is 0.459. The Kier molecular flexibility index (Phi) is 3.82. The third kappa shape index (κ3) is 2.84. The van der Waals surface area contributed by atoms with Crippen LogP contribution in [0.4, 0.5) is 0 Å². The molecule has 1 aromatic carbocycles. The molecule has 20 heavy (non-hydrogen) atoms. The fourth-order valence-corrected chi connectivity index (χ4v) is 1.54. The van der Waals surface area contributed by atoms with E-state index in [9.17, 15) is 4.79 Å². The first-order valence-electron chi connectivity index (χ1n) is 5.59. The number of carboxylic acids is 1. The van der Waals surface area contributed by atoms with Crippen LogP contribution in [0.25, 0.3) is 0 Å². The van der Waals surface area contributed by atoms with Crippen molar-refractivity contribution in [3.63, 3.8) is 0 Å². The third-order valence-electron chi connectivity index (χ3n) is 2.49. The van der Waals surface area contributed by atoms with Crippen LogP contribution in [0, 0.1) is 11.3 Å². The highest BCUT2D eigenvalue weighted by atomic mass is 16.5. The Bertz CT molecular complexity index is 692. The fraction of sp³-hybridized carbons (Fsp3) is 0.0714. The van der Waals surface area contributed by atoms with Crippen molar-refractivity contribution in [2.75, 3.05) is 7.11 Å². The Labute approximate surface area is 114 Å². The highest BCUT2D eigenvalue weighted by Gasteiger charge is 2.11. The molecule has 0 radical (unpaired) electrons. The van der Waals surface area contributed by atoms with Gasteiger partial charge in [-0.2, -0.15) is 5.26 Å². The van der Waals surface area contributed by atoms with Crippen LogP contribution in [0.5, 0.6) is 17.4 Å². The monoisotopic (exact) mass is 270 g/mol. The zero-order valence-electron chi connectivity index (χ0n) is 10.5. The van der Waals surface area contributed by atoms with E-state index in [1.165, 1.54) is 43.6 Å². The summed E-state index contributed by atoms with van der Waals surface area (Å²) in [5.74, 6) is -0.296. The van der Waals surface area contributed by atoms with Crippen LogP contribution in [0.1, 0.15) is 15.9 Å². The van der Waals surface area contributed by atoms with Gasteiger partial charge in [0.15, 0.2) is 11.5 Å². The predicted molar refractivity (Wildman–Crippen MR) is 69.0 cm³/mol. The molecule has 1 N–H and O–H groups in total. The summed E-state index contributed by atoms with van der Waals surface area (Å²) in [4.78, 5) is 14.9. The number of pyridine rings is 1. The van der Waals surface area contributed by atoms with Gasteiger partial charge < -0.3 is 14.6 Å². The fourth-order valence-electron chi connectivity index (χ4n) is 1.54. The molecule has 0 aliphatic carbocycles. The van der Waals surface area contributed by atoms with Crippen molar-refractivity contribution in [1.29, 1.82) is 5.26 Å². The van der Waals surface area contributed by atoms with Crippen LogP contribution in [0.3, 0.4) is 0 Å². The molecule has 2 rings (SSSR count). The maximum Gasteiger partial charge on any atom is 0.335 e. The van der Waals surface area contributed by atoms with Crippen molar-refractivity contribution in [3.8, 4) is 23.4 Å². The number of nitrogens with zero attached hydrogens (tertiary/aromatic N) is 2. The number of carbonyl (C=O) groups is 1. The molecule has 0 aliphatic heterocycles.